The monoisotopic (exact) mass is 212 g/mol. The summed E-state index contributed by atoms with van der Waals surface area (Å²) in [6.45, 7) is 10.7. The molecule has 1 aliphatic heterocycles. The SMILES string of the molecule is CCCC1(CC(C)(C)C)NC(=O)C(C)N1. The van der Waals surface area contributed by atoms with Gasteiger partial charge in [-0.05, 0) is 25.2 Å². The Morgan fingerprint density at radius 2 is 2.00 bits per heavy atom. The Morgan fingerprint density at radius 1 is 1.40 bits per heavy atom. The molecule has 2 atom stereocenters. The van der Waals surface area contributed by atoms with Crippen LogP contribution in [-0.4, -0.2) is 17.6 Å². The Balaban J connectivity index is 2.77. The Kier molecular flexibility index (Phi) is 3.44. The van der Waals surface area contributed by atoms with E-state index in [-0.39, 0.29) is 23.0 Å². The largest absolute Gasteiger partial charge is 0.337 e. The summed E-state index contributed by atoms with van der Waals surface area (Å²) in [4.78, 5) is 11.6. The molecule has 1 heterocycles. The van der Waals surface area contributed by atoms with Crippen LogP contribution in [0.15, 0.2) is 0 Å². The molecule has 0 aromatic heterocycles. The lowest BCUT2D eigenvalue weighted by atomic mass is 9.83. The highest BCUT2D eigenvalue weighted by Crippen LogP contribution is 2.31. The standard InChI is InChI=1S/C12H24N2O/c1-6-7-12(8-11(3,4)5)13-9(2)10(15)14-12/h9,13H,6-8H2,1-5H3,(H,14,15). The van der Waals surface area contributed by atoms with Gasteiger partial charge >= 0.3 is 0 Å². The molecule has 3 heteroatoms. The van der Waals surface area contributed by atoms with Gasteiger partial charge < -0.3 is 5.32 Å². The third-order valence-electron chi connectivity index (χ3n) is 2.76. The van der Waals surface area contributed by atoms with Crippen molar-refractivity contribution in [3.8, 4) is 0 Å². The summed E-state index contributed by atoms with van der Waals surface area (Å²) >= 11 is 0. The van der Waals surface area contributed by atoms with Gasteiger partial charge in [-0.25, -0.2) is 0 Å². The topological polar surface area (TPSA) is 41.1 Å². The zero-order chi connectivity index (χ0) is 11.7. The minimum Gasteiger partial charge on any atom is -0.337 e. The quantitative estimate of drug-likeness (QED) is 0.751. The fourth-order valence-electron chi connectivity index (χ4n) is 2.51. The van der Waals surface area contributed by atoms with Crippen LogP contribution >= 0.6 is 0 Å². The molecule has 2 N–H and O–H groups in total. The van der Waals surface area contributed by atoms with Crippen molar-refractivity contribution in [3.05, 3.63) is 0 Å². The Bertz CT molecular complexity index is 244. The maximum atomic E-state index is 11.6. The van der Waals surface area contributed by atoms with Gasteiger partial charge in [0.1, 0.15) is 0 Å². The smallest absolute Gasteiger partial charge is 0.238 e. The van der Waals surface area contributed by atoms with Crippen molar-refractivity contribution in [2.75, 3.05) is 0 Å². The van der Waals surface area contributed by atoms with E-state index in [0.717, 1.165) is 19.3 Å². The van der Waals surface area contributed by atoms with Crippen LogP contribution in [0.3, 0.4) is 0 Å². The second-order valence-corrected chi connectivity index (χ2v) is 5.92. The molecular weight excluding hydrogens is 188 g/mol. The van der Waals surface area contributed by atoms with Crippen LogP contribution in [-0.2, 0) is 4.79 Å². The van der Waals surface area contributed by atoms with E-state index in [9.17, 15) is 4.79 Å². The number of hydrogen-bond acceptors (Lipinski definition) is 2. The first-order chi connectivity index (χ1) is 6.78. The predicted molar refractivity (Wildman–Crippen MR) is 62.5 cm³/mol. The minimum absolute atomic E-state index is 0.0566. The summed E-state index contributed by atoms with van der Waals surface area (Å²) in [5.41, 5.74) is 0.0447. The molecule has 1 saturated heterocycles. The normalized spacial score (nSPS) is 31.8. The molecule has 0 saturated carbocycles. The molecule has 0 aromatic rings. The average Bonchev–Trinajstić information content (AvgIpc) is 2.23. The van der Waals surface area contributed by atoms with Crippen LogP contribution in [0.1, 0.15) is 53.9 Å². The average molecular weight is 212 g/mol. The van der Waals surface area contributed by atoms with Crippen molar-refractivity contribution >= 4 is 5.91 Å². The molecule has 0 radical (unpaired) electrons. The molecule has 0 aromatic carbocycles. The summed E-state index contributed by atoms with van der Waals surface area (Å²) < 4.78 is 0. The van der Waals surface area contributed by atoms with Crippen LogP contribution in [0.2, 0.25) is 0 Å². The van der Waals surface area contributed by atoms with Crippen LogP contribution in [0.5, 0.6) is 0 Å². The fourth-order valence-corrected chi connectivity index (χ4v) is 2.51. The van der Waals surface area contributed by atoms with E-state index in [0.29, 0.717) is 0 Å². The second kappa shape index (κ2) is 4.12. The third-order valence-corrected chi connectivity index (χ3v) is 2.76. The van der Waals surface area contributed by atoms with Gasteiger partial charge in [0.15, 0.2) is 0 Å². The Hall–Kier alpha value is -0.570. The molecule has 2 unspecified atom stereocenters. The Labute approximate surface area is 93.0 Å². The van der Waals surface area contributed by atoms with Crippen molar-refractivity contribution in [2.24, 2.45) is 5.41 Å². The van der Waals surface area contributed by atoms with Crippen molar-refractivity contribution in [1.29, 1.82) is 0 Å². The summed E-state index contributed by atoms with van der Waals surface area (Å²) in [6, 6.07) is -0.0566. The van der Waals surface area contributed by atoms with Crippen molar-refractivity contribution in [2.45, 2.75) is 65.6 Å². The summed E-state index contributed by atoms with van der Waals surface area (Å²) in [5.74, 6) is 0.132. The zero-order valence-electron chi connectivity index (χ0n) is 10.6. The lowest BCUT2D eigenvalue weighted by Crippen LogP contribution is -2.52. The van der Waals surface area contributed by atoms with Crippen LogP contribution in [0.4, 0.5) is 0 Å². The fraction of sp³-hybridized carbons (Fsp3) is 0.917. The summed E-state index contributed by atoms with van der Waals surface area (Å²) in [7, 11) is 0. The molecule has 88 valence electrons. The first-order valence-electron chi connectivity index (χ1n) is 5.88. The first kappa shape index (κ1) is 12.5. The third kappa shape index (κ3) is 3.20. The maximum absolute atomic E-state index is 11.6. The van der Waals surface area contributed by atoms with E-state index in [4.69, 9.17) is 0 Å². The summed E-state index contributed by atoms with van der Waals surface area (Å²) in [5, 5.41) is 6.54. The number of hydrogen-bond donors (Lipinski definition) is 2. The van der Waals surface area contributed by atoms with Gasteiger partial charge in [-0.2, -0.15) is 0 Å². The zero-order valence-corrected chi connectivity index (χ0v) is 10.6. The highest BCUT2D eigenvalue weighted by molar-refractivity contribution is 5.84. The number of carbonyl (C=O) groups excluding carboxylic acids is 1. The first-order valence-corrected chi connectivity index (χ1v) is 5.88. The van der Waals surface area contributed by atoms with Gasteiger partial charge in [-0.1, -0.05) is 34.1 Å². The molecule has 15 heavy (non-hydrogen) atoms. The Morgan fingerprint density at radius 3 is 2.33 bits per heavy atom. The molecule has 1 rings (SSSR count). The molecule has 1 amide bonds. The van der Waals surface area contributed by atoms with E-state index >= 15 is 0 Å². The predicted octanol–water partition coefficient (Wildman–Crippen LogP) is 2.03. The molecule has 3 nitrogen and oxygen atoms in total. The van der Waals surface area contributed by atoms with E-state index < -0.39 is 0 Å². The van der Waals surface area contributed by atoms with Gasteiger partial charge in [-0.15, -0.1) is 0 Å². The van der Waals surface area contributed by atoms with Crippen molar-refractivity contribution in [1.82, 2.24) is 10.6 Å². The molecule has 0 aliphatic carbocycles. The van der Waals surface area contributed by atoms with Crippen LogP contribution < -0.4 is 10.6 Å². The van der Waals surface area contributed by atoms with Gasteiger partial charge in [0, 0.05) is 0 Å². The van der Waals surface area contributed by atoms with Gasteiger partial charge in [0.2, 0.25) is 5.91 Å². The van der Waals surface area contributed by atoms with Gasteiger partial charge in [0.25, 0.3) is 0 Å². The van der Waals surface area contributed by atoms with Gasteiger partial charge in [-0.3, -0.25) is 10.1 Å². The van der Waals surface area contributed by atoms with Crippen LogP contribution in [0.25, 0.3) is 0 Å². The summed E-state index contributed by atoms with van der Waals surface area (Å²) in [6.07, 6.45) is 3.06. The molecular formula is C12H24N2O. The van der Waals surface area contributed by atoms with Gasteiger partial charge in [0.05, 0.1) is 11.7 Å². The highest BCUT2D eigenvalue weighted by Gasteiger charge is 2.42. The highest BCUT2D eigenvalue weighted by atomic mass is 16.2. The van der Waals surface area contributed by atoms with E-state index in [2.05, 4.69) is 38.3 Å². The molecule has 1 aliphatic rings. The minimum atomic E-state index is -0.177. The van der Waals surface area contributed by atoms with E-state index in [1.165, 1.54) is 0 Å². The molecule has 1 fully saturated rings. The number of nitrogens with one attached hydrogen (secondary N) is 2. The van der Waals surface area contributed by atoms with E-state index in [1.807, 2.05) is 6.92 Å². The molecule has 0 bridgehead atoms. The number of carbonyl (C=O) groups is 1. The second-order valence-electron chi connectivity index (χ2n) is 5.92. The van der Waals surface area contributed by atoms with Crippen LogP contribution in [0, 0.1) is 5.41 Å². The lowest BCUT2D eigenvalue weighted by molar-refractivity contribution is -0.120. The lowest BCUT2D eigenvalue weighted by Gasteiger charge is -2.35. The number of rotatable bonds is 3. The van der Waals surface area contributed by atoms with E-state index in [1.54, 1.807) is 0 Å². The van der Waals surface area contributed by atoms with Crippen molar-refractivity contribution < 1.29 is 4.79 Å². The number of amides is 1. The van der Waals surface area contributed by atoms with Crippen molar-refractivity contribution in [3.63, 3.8) is 0 Å². The molecule has 0 spiro atoms. The maximum Gasteiger partial charge on any atom is 0.238 e.